The molecule has 0 radical (unpaired) electrons. The minimum absolute atomic E-state index is 0.0523. The van der Waals surface area contributed by atoms with Gasteiger partial charge in [-0.25, -0.2) is 0 Å². The Hall–Kier alpha value is -2.92. The van der Waals surface area contributed by atoms with Gasteiger partial charge in [0.05, 0.1) is 6.04 Å². The molecule has 3 aromatic carbocycles. The molecule has 0 spiro atoms. The summed E-state index contributed by atoms with van der Waals surface area (Å²) in [5, 5.41) is 3.01. The summed E-state index contributed by atoms with van der Waals surface area (Å²) in [4.78, 5) is 27.5. The number of halogens is 1. The minimum Gasteiger partial charge on any atom is -0.331 e. The molecule has 2 amide bonds. The van der Waals surface area contributed by atoms with Crippen molar-refractivity contribution in [1.82, 2.24) is 4.90 Å². The molecule has 0 saturated carbocycles. The lowest BCUT2D eigenvalue weighted by Gasteiger charge is -2.26. The number of amides is 2. The van der Waals surface area contributed by atoms with E-state index in [1.165, 1.54) is 0 Å². The number of rotatable bonds is 3. The Kier molecular flexibility index (Phi) is 4.70. The van der Waals surface area contributed by atoms with E-state index in [1.54, 1.807) is 12.1 Å². The molecule has 3 aromatic rings. The first-order valence-corrected chi connectivity index (χ1v) is 10.9. The number of hydrogen-bond acceptors (Lipinski definition) is 2. The Morgan fingerprint density at radius 1 is 1.00 bits per heavy atom. The molecule has 5 rings (SSSR count). The van der Waals surface area contributed by atoms with Crippen molar-refractivity contribution in [3.63, 3.8) is 0 Å². The molecular weight excluding hydrogens is 440 g/mol. The highest BCUT2D eigenvalue weighted by Gasteiger charge is 2.39. The van der Waals surface area contributed by atoms with Crippen LogP contribution in [0, 0.1) is 5.92 Å². The fraction of sp³-hybridized carbons (Fsp3) is 0.200. The number of nitrogens with zero attached hydrogens (tertiary/aromatic N) is 1. The average Bonchev–Trinajstić information content (AvgIpc) is 3.25. The summed E-state index contributed by atoms with van der Waals surface area (Å²) in [7, 11) is 0. The van der Waals surface area contributed by atoms with Gasteiger partial charge in [-0.05, 0) is 59.0 Å². The molecule has 1 N–H and O–H groups in total. The summed E-state index contributed by atoms with van der Waals surface area (Å²) < 4.78 is 0.866. The lowest BCUT2D eigenvalue weighted by atomic mass is 10.0. The van der Waals surface area contributed by atoms with Gasteiger partial charge in [0.1, 0.15) is 0 Å². The highest BCUT2D eigenvalue weighted by atomic mass is 79.9. The van der Waals surface area contributed by atoms with Crippen molar-refractivity contribution >= 4 is 33.4 Å². The monoisotopic (exact) mass is 460 g/mol. The van der Waals surface area contributed by atoms with Crippen molar-refractivity contribution in [3.05, 3.63) is 87.9 Å². The van der Waals surface area contributed by atoms with Gasteiger partial charge in [0, 0.05) is 28.2 Å². The summed E-state index contributed by atoms with van der Waals surface area (Å²) in [5.74, 6) is 0.141. The molecule has 1 aliphatic carbocycles. The molecular formula is C25H21BrN2O2. The Labute approximate surface area is 184 Å². The number of hydrogen-bond donors (Lipinski definition) is 1. The average molecular weight is 461 g/mol. The van der Waals surface area contributed by atoms with E-state index in [0.717, 1.165) is 45.4 Å². The fourth-order valence-corrected chi connectivity index (χ4v) is 4.93. The van der Waals surface area contributed by atoms with Crippen molar-refractivity contribution in [2.75, 3.05) is 11.9 Å². The van der Waals surface area contributed by atoms with Crippen LogP contribution in [-0.4, -0.2) is 23.3 Å². The van der Waals surface area contributed by atoms with Crippen molar-refractivity contribution in [3.8, 4) is 11.1 Å². The fourth-order valence-electron chi connectivity index (χ4n) is 4.53. The number of carbonyl (C=O) groups excluding carboxylic acids is 2. The summed E-state index contributed by atoms with van der Waals surface area (Å²) >= 11 is 3.41. The maximum Gasteiger partial charge on any atom is 0.255 e. The smallest absolute Gasteiger partial charge is 0.255 e. The van der Waals surface area contributed by atoms with Crippen molar-refractivity contribution in [2.24, 2.45) is 5.92 Å². The molecule has 0 aromatic heterocycles. The number of benzene rings is 3. The highest BCUT2D eigenvalue weighted by molar-refractivity contribution is 9.10. The number of anilines is 1. The van der Waals surface area contributed by atoms with Gasteiger partial charge >= 0.3 is 0 Å². The second kappa shape index (κ2) is 7.40. The van der Waals surface area contributed by atoms with E-state index in [2.05, 4.69) is 33.4 Å². The third kappa shape index (κ3) is 3.14. The molecule has 30 heavy (non-hydrogen) atoms. The molecule has 1 saturated heterocycles. The first-order chi connectivity index (χ1) is 14.5. The maximum absolute atomic E-state index is 12.8. The summed E-state index contributed by atoms with van der Waals surface area (Å²) in [6, 6.07) is 21.5. The van der Waals surface area contributed by atoms with Crippen LogP contribution < -0.4 is 5.32 Å². The zero-order valence-electron chi connectivity index (χ0n) is 16.6. The van der Waals surface area contributed by atoms with E-state index >= 15 is 0 Å². The minimum atomic E-state index is -0.150. The Morgan fingerprint density at radius 3 is 2.57 bits per heavy atom. The van der Waals surface area contributed by atoms with Gasteiger partial charge in [0.2, 0.25) is 5.91 Å². The summed E-state index contributed by atoms with van der Waals surface area (Å²) in [5.41, 5.74) is 5.83. The first kappa shape index (κ1) is 19.1. The SMILES string of the molecule is CC1CCN(C2c3ccccc3-c3cc(NC(=O)c4cccc(Br)c4)ccc32)C1=O. The van der Waals surface area contributed by atoms with Gasteiger partial charge < -0.3 is 10.2 Å². The lowest BCUT2D eigenvalue weighted by Crippen LogP contribution is -2.31. The van der Waals surface area contributed by atoms with E-state index < -0.39 is 0 Å². The van der Waals surface area contributed by atoms with Crippen molar-refractivity contribution < 1.29 is 9.59 Å². The third-order valence-corrected chi connectivity index (χ3v) is 6.55. The molecule has 4 nitrogen and oxygen atoms in total. The van der Waals surface area contributed by atoms with Crippen LogP contribution in [0.1, 0.15) is 40.9 Å². The van der Waals surface area contributed by atoms with Gasteiger partial charge in [-0.15, -0.1) is 0 Å². The van der Waals surface area contributed by atoms with Crippen LogP contribution in [0.25, 0.3) is 11.1 Å². The van der Waals surface area contributed by atoms with Crippen LogP contribution in [0.3, 0.4) is 0 Å². The first-order valence-electron chi connectivity index (χ1n) is 10.1. The van der Waals surface area contributed by atoms with Gasteiger partial charge in [-0.3, -0.25) is 9.59 Å². The topological polar surface area (TPSA) is 49.4 Å². The Balaban J connectivity index is 1.51. The lowest BCUT2D eigenvalue weighted by molar-refractivity contribution is -0.131. The van der Waals surface area contributed by atoms with E-state index in [1.807, 2.05) is 54.3 Å². The quantitative estimate of drug-likeness (QED) is 0.549. The molecule has 2 aliphatic rings. The standard InChI is InChI=1S/C25H21BrN2O2/c1-15-11-12-28(25(15)30)23-20-8-3-2-7-19(20)22-14-18(9-10-21(22)23)27-24(29)16-5-4-6-17(26)13-16/h2-10,13-15,23H,11-12H2,1H3,(H,27,29). The van der Waals surface area contributed by atoms with E-state index in [9.17, 15) is 9.59 Å². The van der Waals surface area contributed by atoms with Crippen LogP contribution >= 0.6 is 15.9 Å². The van der Waals surface area contributed by atoms with E-state index in [-0.39, 0.29) is 23.8 Å². The molecule has 1 fully saturated rings. The maximum atomic E-state index is 12.8. The third-order valence-electron chi connectivity index (χ3n) is 6.06. The molecule has 1 heterocycles. The van der Waals surface area contributed by atoms with Crippen LogP contribution in [0.15, 0.2) is 71.2 Å². The molecule has 0 bridgehead atoms. The predicted molar refractivity (Wildman–Crippen MR) is 121 cm³/mol. The zero-order valence-corrected chi connectivity index (χ0v) is 18.1. The molecule has 150 valence electrons. The van der Waals surface area contributed by atoms with Crippen molar-refractivity contribution in [2.45, 2.75) is 19.4 Å². The molecule has 2 unspecified atom stereocenters. The number of carbonyl (C=O) groups is 2. The highest BCUT2D eigenvalue weighted by Crippen LogP contribution is 2.48. The van der Waals surface area contributed by atoms with Crippen LogP contribution in [0.5, 0.6) is 0 Å². The number of likely N-dealkylation sites (tertiary alicyclic amines) is 1. The van der Waals surface area contributed by atoms with Crippen molar-refractivity contribution in [1.29, 1.82) is 0 Å². The predicted octanol–water partition coefficient (Wildman–Crippen LogP) is 5.64. The summed E-state index contributed by atoms with van der Waals surface area (Å²) in [6.45, 7) is 2.78. The zero-order chi connectivity index (χ0) is 20.8. The Morgan fingerprint density at radius 2 is 1.80 bits per heavy atom. The normalized spacial score (nSPS) is 19.5. The molecule has 2 atom stereocenters. The largest absolute Gasteiger partial charge is 0.331 e. The Bertz CT molecular complexity index is 1170. The molecule has 5 heteroatoms. The molecule has 1 aliphatic heterocycles. The van der Waals surface area contributed by atoms with Gasteiger partial charge in [-0.1, -0.05) is 59.3 Å². The second-order valence-electron chi connectivity index (χ2n) is 7.98. The van der Waals surface area contributed by atoms with Crippen LogP contribution in [0.4, 0.5) is 5.69 Å². The van der Waals surface area contributed by atoms with Gasteiger partial charge in [0.15, 0.2) is 0 Å². The number of nitrogens with one attached hydrogen (secondary N) is 1. The van der Waals surface area contributed by atoms with Gasteiger partial charge in [0.25, 0.3) is 5.91 Å². The van der Waals surface area contributed by atoms with Crippen LogP contribution in [-0.2, 0) is 4.79 Å². The second-order valence-corrected chi connectivity index (χ2v) is 8.89. The summed E-state index contributed by atoms with van der Waals surface area (Å²) in [6.07, 6.45) is 0.896. The van der Waals surface area contributed by atoms with E-state index in [0.29, 0.717) is 5.56 Å². The van der Waals surface area contributed by atoms with E-state index in [4.69, 9.17) is 0 Å². The van der Waals surface area contributed by atoms with Gasteiger partial charge in [-0.2, -0.15) is 0 Å². The van der Waals surface area contributed by atoms with Crippen LogP contribution in [0.2, 0.25) is 0 Å². The number of fused-ring (bicyclic) bond motifs is 3.